The van der Waals surface area contributed by atoms with Crippen LogP contribution in [0.5, 0.6) is 0 Å². The lowest BCUT2D eigenvalue weighted by Gasteiger charge is -2.34. The topological polar surface area (TPSA) is 52.1 Å². The summed E-state index contributed by atoms with van der Waals surface area (Å²) < 4.78 is 5.53. The van der Waals surface area contributed by atoms with E-state index in [0.29, 0.717) is 6.04 Å². The highest BCUT2D eigenvalue weighted by Crippen LogP contribution is 2.25. The number of nitrogens with one attached hydrogen (secondary N) is 2. The molecular weight excluding hydrogens is 497 g/mol. The van der Waals surface area contributed by atoms with Crippen LogP contribution in [0, 0.1) is 0 Å². The Morgan fingerprint density at radius 3 is 2.66 bits per heavy atom. The number of guanidine groups is 1. The minimum atomic E-state index is 0. The lowest BCUT2D eigenvalue weighted by atomic mass is 10.2. The van der Waals surface area contributed by atoms with Crippen LogP contribution in [0.15, 0.2) is 46.8 Å². The van der Waals surface area contributed by atoms with Gasteiger partial charge in [-0.2, -0.15) is 0 Å². The largest absolute Gasteiger partial charge is 0.379 e. The van der Waals surface area contributed by atoms with Crippen molar-refractivity contribution in [1.82, 2.24) is 15.5 Å². The van der Waals surface area contributed by atoms with Crippen LogP contribution >= 0.6 is 35.3 Å². The van der Waals surface area contributed by atoms with E-state index in [1.54, 1.807) is 0 Å². The number of hydrogen-bond donors (Lipinski definition) is 2. The zero-order valence-corrected chi connectivity index (χ0v) is 20.6. The molecule has 0 bridgehead atoms. The van der Waals surface area contributed by atoms with Crippen LogP contribution in [0.25, 0.3) is 0 Å². The Balaban J connectivity index is 0.00000300. The molecule has 3 rings (SSSR count). The van der Waals surface area contributed by atoms with Gasteiger partial charge in [-0.25, -0.2) is 0 Å². The standard InChI is InChI=1S/C21H31N5OS.HI/c1-22-21(23-15-17-6-4-7-18(14-17)25(2)3)24-16-19(20-8-5-13-28-20)26-9-11-27-12-10-26;/h4-8,13-14,19H,9-12,15-16H2,1-3H3,(H2,22,23,24);1H. The molecule has 8 heteroatoms. The van der Waals surface area contributed by atoms with Crippen molar-refractivity contribution in [3.05, 3.63) is 52.2 Å². The van der Waals surface area contributed by atoms with Gasteiger partial charge in [0.25, 0.3) is 0 Å². The van der Waals surface area contributed by atoms with Gasteiger partial charge in [-0.3, -0.25) is 9.89 Å². The molecule has 6 nitrogen and oxygen atoms in total. The second-order valence-electron chi connectivity index (χ2n) is 7.05. The van der Waals surface area contributed by atoms with Crippen LogP contribution in [-0.2, 0) is 11.3 Å². The highest BCUT2D eigenvalue weighted by Gasteiger charge is 2.23. The van der Waals surface area contributed by atoms with Gasteiger partial charge in [0.2, 0.25) is 0 Å². The molecule has 0 amide bonds. The van der Waals surface area contributed by atoms with Gasteiger partial charge in [-0.1, -0.05) is 18.2 Å². The summed E-state index contributed by atoms with van der Waals surface area (Å²) in [5.74, 6) is 0.824. The molecule has 1 saturated heterocycles. The van der Waals surface area contributed by atoms with E-state index in [1.165, 1.54) is 16.1 Å². The highest BCUT2D eigenvalue weighted by molar-refractivity contribution is 14.0. The minimum Gasteiger partial charge on any atom is -0.379 e. The van der Waals surface area contributed by atoms with Gasteiger partial charge in [0.1, 0.15) is 0 Å². The number of rotatable bonds is 7. The predicted octanol–water partition coefficient (Wildman–Crippen LogP) is 3.17. The van der Waals surface area contributed by atoms with E-state index >= 15 is 0 Å². The zero-order valence-electron chi connectivity index (χ0n) is 17.4. The Hall–Kier alpha value is -1.36. The Kier molecular flexibility index (Phi) is 10.2. The van der Waals surface area contributed by atoms with Gasteiger partial charge in [0.05, 0.1) is 19.3 Å². The molecule has 0 radical (unpaired) electrons. The Labute approximate surface area is 195 Å². The number of ether oxygens (including phenoxy) is 1. The molecule has 1 aliphatic rings. The van der Waals surface area contributed by atoms with Gasteiger partial charge in [-0.05, 0) is 29.1 Å². The molecule has 0 saturated carbocycles. The number of halogens is 1. The lowest BCUT2D eigenvalue weighted by molar-refractivity contribution is 0.0177. The van der Waals surface area contributed by atoms with Crippen molar-refractivity contribution < 1.29 is 4.74 Å². The molecule has 2 aromatic rings. The summed E-state index contributed by atoms with van der Waals surface area (Å²) in [5.41, 5.74) is 2.43. The van der Waals surface area contributed by atoms with Crippen molar-refractivity contribution in [1.29, 1.82) is 0 Å². The van der Waals surface area contributed by atoms with Gasteiger partial charge in [0, 0.05) is 57.9 Å². The van der Waals surface area contributed by atoms with Gasteiger partial charge in [-0.15, -0.1) is 35.3 Å². The van der Waals surface area contributed by atoms with Crippen LogP contribution in [-0.4, -0.2) is 64.9 Å². The second-order valence-corrected chi connectivity index (χ2v) is 8.03. The molecule has 1 aromatic heterocycles. The summed E-state index contributed by atoms with van der Waals surface area (Å²) in [6.45, 7) is 5.09. The lowest BCUT2D eigenvalue weighted by Crippen LogP contribution is -2.46. The van der Waals surface area contributed by atoms with E-state index in [2.05, 4.69) is 81.3 Å². The maximum Gasteiger partial charge on any atom is 0.191 e. The fraction of sp³-hybridized carbons (Fsp3) is 0.476. The van der Waals surface area contributed by atoms with Crippen molar-refractivity contribution in [2.75, 3.05) is 58.9 Å². The molecule has 2 heterocycles. The fourth-order valence-electron chi connectivity index (χ4n) is 3.32. The summed E-state index contributed by atoms with van der Waals surface area (Å²) in [6, 6.07) is 13.2. The Morgan fingerprint density at radius 1 is 1.21 bits per heavy atom. The van der Waals surface area contributed by atoms with Crippen LogP contribution in [0.1, 0.15) is 16.5 Å². The van der Waals surface area contributed by atoms with Crippen molar-refractivity contribution in [3.8, 4) is 0 Å². The first-order chi connectivity index (χ1) is 13.7. The fourth-order valence-corrected chi connectivity index (χ4v) is 4.18. The smallest absolute Gasteiger partial charge is 0.191 e. The van der Waals surface area contributed by atoms with Crippen LogP contribution in [0.2, 0.25) is 0 Å². The third-order valence-corrected chi connectivity index (χ3v) is 5.90. The number of benzene rings is 1. The predicted molar refractivity (Wildman–Crippen MR) is 134 cm³/mol. The molecule has 1 fully saturated rings. The Morgan fingerprint density at radius 2 is 2.00 bits per heavy atom. The van der Waals surface area contributed by atoms with E-state index in [1.807, 2.05) is 18.4 Å². The average Bonchev–Trinajstić information content (AvgIpc) is 3.26. The SMILES string of the molecule is CN=C(NCc1cccc(N(C)C)c1)NCC(c1cccs1)N1CCOCC1.I. The molecule has 29 heavy (non-hydrogen) atoms. The summed E-state index contributed by atoms with van der Waals surface area (Å²) in [4.78, 5) is 10.4. The molecule has 1 unspecified atom stereocenters. The van der Waals surface area contributed by atoms with Crippen molar-refractivity contribution in [2.24, 2.45) is 4.99 Å². The number of anilines is 1. The summed E-state index contributed by atoms with van der Waals surface area (Å²) in [5, 5.41) is 9.10. The third-order valence-electron chi connectivity index (χ3n) is 4.93. The monoisotopic (exact) mass is 529 g/mol. The summed E-state index contributed by atoms with van der Waals surface area (Å²) >= 11 is 1.81. The second kappa shape index (κ2) is 12.4. The van der Waals surface area contributed by atoms with Crippen molar-refractivity contribution >= 4 is 47.0 Å². The van der Waals surface area contributed by atoms with Crippen LogP contribution in [0.4, 0.5) is 5.69 Å². The van der Waals surface area contributed by atoms with E-state index < -0.39 is 0 Å². The maximum absolute atomic E-state index is 5.53. The molecular formula is C21H32IN5OS. The first-order valence-corrected chi connectivity index (χ1v) is 10.6. The molecule has 160 valence electrons. The van der Waals surface area contributed by atoms with E-state index in [9.17, 15) is 0 Å². The first-order valence-electron chi connectivity index (χ1n) is 9.73. The zero-order chi connectivity index (χ0) is 19.8. The normalized spacial score (nSPS) is 16.0. The molecule has 0 spiro atoms. The van der Waals surface area contributed by atoms with E-state index in [-0.39, 0.29) is 24.0 Å². The maximum atomic E-state index is 5.53. The Bertz CT molecular complexity index is 747. The molecule has 1 aliphatic heterocycles. The first kappa shape index (κ1) is 23.9. The van der Waals surface area contributed by atoms with Gasteiger partial charge < -0.3 is 20.3 Å². The van der Waals surface area contributed by atoms with Crippen molar-refractivity contribution in [3.63, 3.8) is 0 Å². The average molecular weight is 529 g/mol. The van der Waals surface area contributed by atoms with Gasteiger partial charge >= 0.3 is 0 Å². The number of thiophene rings is 1. The summed E-state index contributed by atoms with van der Waals surface area (Å²) in [7, 11) is 5.94. The quantitative estimate of drug-likeness (QED) is 0.328. The number of hydrogen-bond acceptors (Lipinski definition) is 5. The number of nitrogens with zero attached hydrogens (tertiary/aromatic N) is 3. The highest BCUT2D eigenvalue weighted by atomic mass is 127. The molecule has 1 atom stereocenters. The van der Waals surface area contributed by atoms with E-state index in [0.717, 1.165) is 45.4 Å². The molecule has 2 N–H and O–H groups in total. The van der Waals surface area contributed by atoms with E-state index in [4.69, 9.17) is 4.74 Å². The van der Waals surface area contributed by atoms with Crippen molar-refractivity contribution in [2.45, 2.75) is 12.6 Å². The molecule has 1 aromatic carbocycles. The van der Waals surface area contributed by atoms with Crippen LogP contribution < -0.4 is 15.5 Å². The number of aliphatic imine (C=N–C) groups is 1. The molecule has 0 aliphatic carbocycles. The minimum absolute atomic E-state index is 0. The van der Waals surface area contributed by atoms with Gasteiger partial charge in [0.15, 0.2) is 5.96 Å². The third kappa shape index (κ3) is 7.13. The summed E-state index contributed by atoms with van der Waals surface area (Å²) in [6.07, 6.45) is 0. The number of morpholine rings is 1. The van der Waals surface area contributed by atoms with Crippen LogP contribution in [0.3, 0.4) is 0 Å².